The van der Waals surface area contributed by atoms with Crippen LogP contribution in [0.4, 0.5) is 0 Å². The van der Waals surface area contributed by atoms with Crippen molar-refractivity contribution in [2.75, 3.05) is 27.9 Å². The minimum atomic E-state index is -0.421. The van der Waals surface area contributed by atoms with E-state index >= 15 is 0 Å². The summed E-state index contributed by atoms with van der Waals surface area (Å²) in [5, 5.41) is 7.54. The van der Waals surface area contributed by atoms with Crippen molar-refractivity contribution in [3.63, 3.8) is 0 Å². The maximum atomic E-state index is 12.9. The molecule has 0 aliphatic carbocycles. The fraction of sp³-hybridized carbons (Fsp3) is 0.231. The molecule has 0 bridgehead atoms. The van der Waals surface area contributed by atoms with Gasteiger partial charge in [-0.05, 0) is 66.3 Å². The Bertz CT molecular complexity index is 1140. The number of hydrogen-bond acceptors (Lipinski definition) is 6. The average molecular weight is 481 g/mol. The van der Waals surface area contributed by atoms with Gasteiger partial charge in [-0.3, -0.25) is 9.59 Å². The molecular formula is C26H28N2O5S. The third kappa shape index (κ3) is 6.86. The number of carbonyl (C=O) groups excluding carboxylic acids is 2. The van der Waals surface area contributed by atoms with Crippen LogP contribution in [0.15, 0.2) is 65.7 Å². The molecule has 1 heterocycles. The summed E-state index contributed by atoms with van der Waals surface area (Å²) in [5.74, 6) is 0.979. The summed E-state index contributed by atoms with van der Waals surface area (Å²) in [6.07, 6.45) is 3.20. The minimum Gasteiger partial charge on any atom is -0.497 e. The van der Waals surface area contributed by atoms with Crippen molar-refractivity contribution in [3.8, 4) is 17.2 Å². The number of aryl methyl sites for hydroxylation is 1. The van der Waals surface area contributed by atoms with E-state index in [4.69, 9.17) is 14.2 Å². The van der Waals surface area contributed by atoms with E-state index in [9.17, 15) is 9.59 Å². The lowest BCUT2D eigenvalue weighted by atomic mass is 10.1. The first-order valence-corrected chi connectivity index (χ1v) is 11.6. The molecule has 0 fully saturated rings. The van der Waals surface area contributed by atoms with Gasteiger partial charge in [0.2, 0.25) is 0 Å². The summed E-state index contributed by atoms with van der Waals surface area (Å²) in [6.45, 7) is 0.462. The van der Waals surface area contributed by atoms with E-state index in [0.29, 0.717) is 23.6 Å². The molecular weight excluding hydrogens is 452 g/mol. The molecule has 0 unspecified atom stereocenters. The molecule has 1 aromatic heterocycles. The number of amides is 2. The molecule has 0 spiro atoms. The standard InChI is InChI=1S/C26H28N2O5S/c1-31-20-9-4-7-18(15-20)8-5-13-27-26(30)22(17-21-10-6-14-34-21)28-25(29)19-11-12-23(32-2)24(16-19)33-3/h4,6-7,9-12,14-17H,5,8,13H2,1-3H3,(H,27,30)(H,28,29)/b22-17-. The fourth-order valence-electron chi connectivity index (χ4n) is 3.26. The van der Waals surface area contributed by atoms with Crippen LogP contribution in [-0.4, -0.2) is 39.7 Å². The van der Waals surface area contributed by atoms with Gasteiger partial charge in [0.1, 0.15) is 11.4 Å². The van der Waals surface area contributed by atoms with Gasteiger partial charge in [0.05, 0.1) is 21.3 Å². The Balaban J connectivity index is 1.66. The smallest absolute Gasteiger partial charge is 0.267 e. The first-order valence-electron chi connectivity index (χ1n) is 10.7. The second-order valence-corrected chi connectivity index (χ2v) is 8.29. The highest BCUT2D eigenvalue weighted by atomic mass is 32.1. The van der Waals surface area contributed by atoms with Crippen LogP contribution in [0.3, 0.4) is 0 Å². The van der Waals surface area contributed by atoms with Crippen LogP contribution in [0.2, 0.25) is 0 Å². The highest BCUT2D eigenvalue weighted by molar-refractivity contribution is 7.10. The number of thiophene rings is 1. The molecule has 178 valence electrons. The Hall–Kier alpha value is -3.78. The van der Waals surface area contributed by atoms with Crippen molar-refractivity contribution in [3.05, 3.63) is 81.7 Å². The Morgan fingerprint density at radius 1 is 0.941 bits per heavy atom. The summed E-state index contributed by atoms with van der Waals surface area (Å²) in [4.78, 5) is 26.7. The lowest BCUT2D eigenvalue weighted by Gasteiger charge is -2.13. The van der Waals surface area contributed by atoms with Crippen LogP contribution in [0, 0.1) is 0 Å². The summed E-state index contributed by atoms with van der Waals surface area (Å²) >= 11 is 1.48. The summed E-state index contributed by atoms with van der Waals surface area (Å²) in [6, 6.07) is 16.4. The van der Waals surface area contributed by atoms with E-state index < -0.39 is 5.91 Å². The van der Waals surface area contributed by atoms with Crippen LogP contribution >= 0.6 is 11.3 Å². The Kier molecular flexibility index (Phi) is 9.11. The Labute approximate surface area is 203 Å². The molecule has 34 heavy (non-hydrogen) atoms. The minimum absolute atomic E-state index is 0.170. The van der Waals surface area contributed by atoms with Crippen LogP contribution in [0.25, 0.3) is 6.08 Å². The largest absolute Gasteiger partial charge is 0.497 e. The van der Waals surface area contributed by atoms with Crippen molar-refractivity contribution >= 4 is 29.2 Å². The van der Waals surface area contributed by atoms with Crippen LogP contribution in [0.5, 0.6) is 17.2 Å². The second kappa shape index (κ2) is 12.5. The van der Waals surface area contributed by atoms with Gasteiger partial charge in [0, 0.05) is 17.0 Å². The number of rotatable bonds is 11. The molecule has 3 rings (SSSR count). The maximum Gasteiger partial charge on any atom is 0.267 e. The molecule has 0 atom stereocenters. The van der Waals surface area contributed by atoms with E-state index in [-0.39, 0.29) is 11.6 Å². The van der Waals surface area contributed by atoms with E-state index in [1.54, 1.807) is 31.4 Å². The number of benzene rings is 2. The zero-order chi connectivity index (χ0) is 24.3. The van der Waals surface area contributed by atoms with Crippen molar-refractivity contribution in [1.82, 2.24) is 10.6 Å². The normalized spacial score (nSPS) is 11.0. The van der Waals surface area contributed by atoms with Gasteiger partial charge in [-0.1, -0.05) is 18.2 Å². The fourth-order valence-corrected chi connectivity index (χ4v) is 3.92. The van der Waals surface area contributed by atoms with Crippen LogP contribution in [0.1, 0.15) is 27.2 Å². The Morgan fingerprint density at radius 3 is 2.47 bits per heavy atom. The van der Waals surface area contributed by atoms with Crippen LogP contribution in [-0.2, 0) is 11.2 Å². The van der Waals surface area contributed by atoms with E-state index in [1.807, 2.05) is 41.8 Å². The topological polar surface area (TPSA) is 85.9 Å². The van der Waals surface area contributed by atoms with E-state index in [1.165, 1.54) is 25.6 Å². The number of carbonyl (C=O) groups is 2. The van der Waals surface area contributed by atoms with E-state index in [0.717, 1.165) is 29.0 Å². The molecule has 0 radical (unpaired) electrons. The van der Waals surface area contributed by atoms with E-state index in [2.05, 4.69) is 10.6 Å². The maximum absolute atomic E-state index is 12.9. The number of methoxy groups -OCH3 is 3. The van der Waals surface area contributed by atoms with Crippen LogP contribution < -0.4 is 24.8 Å². The Morgan fingerprint density at radius 2 is 1.76 bits per heavy atom. The van der Waals surface area contributed by atoms with Gasteiger partial charge in [-0.2, -0.15) is 0 Å². The van der Waals surface area contributed by atoms with Gasteiger partial charge in [-0.25, -0.2) is 0 Å². The average Bonchev–Trinajstić information content (AvgIpc) is 3.38. The lowest BCUT2D eigenvalue weighted by Crippen LogP contribution is -2.35. The quantitative estimate of drug-likeness (QED) is 0.316. The monoisotopic (exact) mass is 480 g/mol. The van der Waals surface area contributed by atoms with Crippen molar-refractivity contribution < 1.29 is 23.8 Å². The predicted molar refractivity (Wildman–Crippen MR) is 134 cm³/mol. The molecule has 0 aliphatic heterocycles. The summed E-state index contributed by atoms with van der Waals surface area (Å²) in [5.41, 5.74) is 1.65. The molecule has 2 amide bonds. The van der Waals surface area contributed by atoms with Gasteiger partial charge < -0.3 is 24.8 Å². The van der Waals surface area contributed by atoms with Crippen molar-refractivity contribution in [1.29, 1.82) is 0 Å². The highest BCUT2D eigenvalue weighted by Crippen LogP contribution is 2.27. The molecule has 3 aromatic rings. The van der Waals surface area contributed by atoms with Gasteiger partial charge in [0.25, 0.3) is 11.8 Å². The summed E-state index contributed by atoms with van der Waals surface area (Å²) in [7, 11) is 4.66. The molecule has 2 N–H and O–H groups in total. The number of hydrogen-bond donors (Lipinski definition) is 2. The first-order chi connectivity index (χ1) is 16.5. The molecule has 0 saturated heterocycles. The molecule has 7 nitrogen and oxygen atoms in total. The first kappa shape index (κ1) is 24.9. The molecule has 0 aliphatic rings. The van der Waals surface area contributed by atoms with Crippen molar-refractivity contribution in [2.24, 2.45) is 0 Å². The third-order valence-electron chi connectivity index (χ3n) is 5.03. The van der Waals surface area contributed by atoms with Gasteiger partial charge >= 0.3 is 0 Å². The number of ether oxygens (including phenoxy) is 3. The summed E-state index contributed by atoms with van der Waals surface area (Å²) < 4.78 is 15.7. The van der Waals surface area contributed by atoms with Gasteiger partial charge in [0.15, 0.2) is 11.5 Å². The third-order valence-corrected chi connectivity index (χ3v) is 5.85. The van der Waals surface area contributed by atoms with Gasteiger partial charge in [-0.15, -0.1) is 11.3 Å². The highest BCUT2D eigenvalue weighted by Gasteiger charge is 2.16. The zero-order valence-electron chi connectivity index (χ0n) is 19.4. The number of nitrogens with one attached hydrogen (secondary N) is 2. The zero-order valence-corrected chi connectivity index (χ0v) is 20.2. The second-order valence-electron chi connectivity index (χ2n) is 7.31. The molecule has 0 saturated carbocycles. The SMILES string of the molecule is COc1cccc(CCCNC(=O)/C(=C/c2cccs2)NC(=O)c2ccc(OC)c(OC)c2)c1. The predicted octanol–water partition coefficient (Wildman–Crippen LogP) is 4.29. The van der Waals surface area contributed by atoms with Crippen molar-refractivity contribution in [2.45, 2.75) is 12.8 Å². The molecule has 2 aromatic carbocycles. The molecule has 8 heteroatoms. The lowest BCUT2D eigenvalue weighted by molar-refractivity contribution is -0.117.